The van der Waals surface area contributed by atoms with Crippen LogP contribution in [0.15, 0.2) is 12.5 Å². The molecule has 0 bridgehead atoms. The maximum Gasteiger partial charge on any atom is 0.337 e. The van der Waals surface area contributed by atoms with Crippen LogP contribution in [-0.2, 0) is 4.79 Å². The predicted octanol–water partition coefficient (Wildman–Crippen LogP) is -1.00. The minimum absolute atomic E-state index is 0.226. The third kappa shape index (κ3) is 2.43. The lowest BCUT2D eigenvalue weighted by Gasteiger charge is -2.18. The molecule has 106 valence electrons. The Hall–Kier alpha value is -2.55. The molecule has 2 rings (SSSR count). The van der Waals surface area contributed by atoms with Gasteiger partial charge in [-0.3, -0.25) is 4.79 Å². The number of aromatic nitrogens is 4. The van der Waals surface area contributed by atoms with Gasteiger partial charge in [0, 0.05) is 6.20 Å². The van der Waals surface area contributed by atoms with Crippen molar-refractivity contribution in [1.29, 1.82) is 0 Å². The van der Waals surface area contributed by atoms with Crippen LogP contribution in [0.5, 0.6) is 0 Å². The number of hydrogen-bond acceptors (Lipinski definition) is 6. The summed E-state index contributed by atoms with van der Waals surface area (Å²) in [5.41, 5.74) is -1.29. The third-order valence-corrected chi connectivity index (χ3v) is 2.84. The number of fused-ring (bicyclic) bond motifs is 1. The lowest BCUT2D eigenvalue weighted by molar-refractivity contribution is -0.155. The number of nitrogens with one attached hydrogen (secondary N) is 1. The van der Waals surface area contributed by atoms with Gasteiger partial charge in [-0.05, 0) is 13.8 Å². The largest absolute Gasteiger partial charge is 0.479 e. The maximum absolute atomic E-state index is 12.0. The highest BCUT2D eigenvalue weighted by atomic mass is 16.4. The molecule has 0 aliphatic rings. The van der Waals surface area contributed by atoms with Crippen LogP contribution < -0.4 is 5.32 Å². The van der Waals surface area contributed by atoms with E-state index >= 15 is 0 Å². The van der Waals surface area contributed by atoms with E-state index in [4.69, 9.17) is 5.11 Å². The van der Waals surface area contributed by atoms with E-state index in [1.54, 1.807) is 6.92 Å². The Morgan fingerprint density at radius 2 is 2.15 bits per heavy atom. The number of rotatable bonds is 4. The summed E-state index contributed by atoms with van der Waals surface area (Å²) in [4.78, 5) is 30.6. The van der Waals surface area contributed by atoms with Crippen molar-refractivity contribution in [3.05, 3.63) is 23.8 Å². The van der Waals surface area contributed by atoms with Gasteiger partial charge in [-0.15, -0.1) is 0 Å². The average Bonchev–Trinajstić information content (AvgIpc) is 2.85. The molecule has 2 heterocycles. The molecular formula is C11H13N5O4. The lowest BCUT2D eigenvalue weighted by Crippen LogP contribution is -2.46. The standard InChI is InChI=1S/C11H13N5O4/c1-6-7(3-12-10-14-5-15-16(6)10)8(17)13-4-11(2,20)9(18)19/h3,5,20H,4H2,1-2H3,(H,13,17)(H,18,19). The first-order valence-electron chi connectivity index (χ1n) is 5.72. The smallest absolute Gasteiger partial charge is 0.337 e. The second-order valence-corrected chi connectivity index (χ2v) is 4.49. The highest BCUT2D eigenvalue weighted by Crippen LogP contribution is 2.08. The van der Waals surface area contributed by atoms with Gasteiger partial charge in [-0.25, -0.2) is 14.3 Å². The molecular weight excluding hydrogens is 266 g/mol. The number of nitrogens with zero attached hydrogens (tertiary/aromatic N) is 4. The number of amides is 1. The normalized spacial score (nSPS) is 13.9. The Morgan fingerprint density at radius 1 is 1.45 bits per heavy atom. The first kappa shape index (κ1) is 13.9. The molecule has 9 heteroatoms. The average molecular weight is 279 g/mol. The Kier molecular flexibility index (Phi) is 3.36. The Labute approximate surface area is 113 Å². The molecule has 2 aromatic rings. The number of carbonyl (C=O) groups excluding carboxylic acids is 1. The van der Waals surface area contributed by atoms with Crippen molar-refractivity contribution in [1.82, 2.24) is 24.9 Å². The van der Waals surface area contributed by atoms with Crippen molar-refractivity contribution in [2.45, 2.75) is 19.4 Å². The summed E-state index contributed by atoms with van der Waals surface area (Å²) in [5, 5.41) is 24.6. The molecule has 0 radical (unpaired) electrons. The van der Waals surface area contributed by atoms with Gasteiger partial charge in [0.1, 0.15) is 6.33 Å². The summed E-state index contributed by atoms with van der Waals surface area (Å²) >= 11 is 0. The fourth-order valence-corrected chi connectivity index (χ4v) is 1.54. The quantitative estimate of drug-likeness (QED) is 0.654. The van der Waals surface area contributed by atoms with Gasteiger partial charge in [0.05, 0.1) is 17.8 Å². The highest BCUT2D eigenvalue weighted by Gasteiger charge is 2.30. The fourth-order valence-electron chi connectivity index (χ4n) is 1.54. The number of aryl methyl sites for hydroxylation is 1. The molecule has 0 spiro atoms. The van der Waals surface area contributed by atoms with Crippen molar-refractivity contribution in [3.8, 4) is 0 Å². The zero-order valence-electron chi connectivity index (χ0n) is 10.9. The Balaban J connectivity index is 2.20. The number of aliphatic hydroxyl groups is 1. The molecule has 0 aliphatic carbocycles. The van der Waals surface area contributed by atoms with Crippen LogP contribution in [0.2, 0.25) is 0 Å². The van der Waals surface area contributed by atoms with Crippen LogP contribution in [0.4, 0.5) is 0 Å². The second kappa shape index (κ2) is 4.85. The SMILES string of the molecule is Cc1c(C(=O)NCC(C)(O)C(=O)O)cnc2ncnn12. The summed E-state index contributed by atoms with van der Waals surface area (Å²) in [5.74, 6) is -1.61. The zero-order chi connectivity index (χ0) is 14.9. The van der Waals surface area contributed by atoms with E-state index < -0.39 is 24.0 Å². The van der Waals surface area contributed by atoms with Crippen LogP contribution in [0, 0.1) is 6.92 Å². The van der Waals surface area contributed by atoms with Crippen molar-refractivity contribution < 1.29 is 19.8 Å². The van der Waals surface area contributed by atoms with Crippen LogP contribution in [-0.4, -0.2) is 53.8 Å². The second-order valence-electron chi connectivity index (χ2n) is 4.49. The first-order chi connectivity index (χ1) is 9.33. The van der Waals surface area contributed by atoms with E-state index in [-0.39, 0.29) is 5.56 Å². The van der Waals surface area contributed by atoms with Crippen molar-refractivity contribution in [2.24, 2.45) is 0 Å². The van der Waals surface area contributed by atoms with E-state index in [9.17, 15) is 14.7 Å². The molecule has 2 aromatic heterocycles. The molecule has 1 atom stereocenters. The fraction of sp³-hybridized carbons (Fsp3) is 0.364. The van der Waals surface area contributed by atoms with Gasteiger partial charge >= 0.3 is 5.97 Å². The van der Waals surface area contributed by atoms with Gasteiger partial charge in [0.2, 0.25) is 0 Å². The van der Waals surface area contributed by atoms with Crippen molar-refractivity contribution in [3.63, 3.8) is 0 Å². The predicted molar refractivity (Wildman–Crippen MR) is 66.1 cm³/mol. The minimum atomic E-state index is -2.03. The van der Waals surface area contributed by atoms with E-state index in [1.165, 1.54) is 17.0 Å². The minimum Gasteiger partial charge on any atom is -0.479 e. The summed E-state index contributed by atoms with van der Waals surface area (Å²) in [7, 11) is 0. The number of aliphatic carboxylic acids is 1. The zero-order valence-corrected chi connectivity index (χ0v) is 10.9. The van der Waals surface area contributed by atoms with Crippen molar-refractivity contribution >= 4 is 17.7 Å². The summed E-state index contributed by atoms with van der Waals surface area (Å²) < 4.78 is 1.39. The molecule has 0 saturated carbocycles. The monoisotopic (exact) mass is 279 g/mol. The number of hydrogen-bond donors (Lipinski definition) is 3. The van der Waals surface area contributed by atoms with Gasteiger partial charge < -0.3 is 15.5 Å². The summed E-state index contributed by atoms with van der Waals surface area (Å²) in [6.45, 7) is 2.34. The van der Waals surface area contributed by atoms with Gasteiger partial charge in [-0.2, -0.15) is 10.1 Å². The molecule has 0 saturated heterocycles. The van der Waals surface area contributed by atoms with Crippen LogP contribution in [0.3, 0.4) is 0 Å². The van der Waals surface area contributed by atoms with Gasteiger partial charge in [0.25, 0.3) is 11.7 Å². The molecule has 1 amide bonds. The number of carboxylic acid groups (broad SMARTS) is 1. The summed E-state index contributed by atoms with van der Waals surface area (Å²) in [6.07, 6.45) is 2.64. The highest BCUT2D eigenvalue weighted by molar-refractivity contribution is 5.95. The van der Waals surface area contributed by atoms with Gasteiger partial charge in [-0.1, -0.05) is 0 Å². The first-order valence-corrected chi connectivity index (χ1v) is 5.72. The van der Waals surface area contributed by atoms with Crippen molar-refractivity contribution in [2.75, 3.05) is 6.54 Å². The Morgan fingerprint density at radius 3 is 2.80 bits per heavy atom. The van der Waals surface area contributed by atoms with Gasteiger partial charge in [0.15, 0.2) is 5.60 Å². The molecule has 0 fully saturated rings. The van der Waals surface area contributed by atoms with E-state index in [1.807, 2.05) is 0 Å². The van der Waals surface area contributed by atoms with Crippen LogP contribution in [0.1, 0.15) is 23.0 Å². The Bertz CT molecular complexity index is 679. The number of carbonyl (C=O) groups is 2. The lowest BCUT2D eigenvalue weighted by atomic mass is 10.1. The number of carboxylic acids is 1. The van der Waals surface area contributed by atoms with Crippen LogP contribution in [0.25, 0.3) is 5.78 Å². The molecule has 20 heavy (non-hydrogen) atoms. The molecule has 0 aromatic carbocycles. The van der Waals surface area contributed by atoms with Crippen LogP contribution >= 0.6 is 0 Å². The molecule has 9 nitrogen and oxygen atoms in total. The topological polar surface area (TPSA) is 130 Å². The molecule has 1 unspecified atom stereocenters. The van der Waals surface area contributed by atoms with E-state index in [2.05, 4.69) is 20.4 Å². The van der Waals surface area contributed by atoms with E-state index in [0.29, 0.717) is 11.5 Å². The maximum atomic E-state index is 12.0. The molecule has 3 N–H and O–H groups in total. The van der Waals surface area contributed by atoms with E-state index in [0.717, 1.165) is 6.92 Å². The third-order valence-electron chi connectivity index (χ3n) is 2.84. The summed E-state index contributed by atoms with van der Waals surface area (Å²) in [6, 6.07) is 0. The molecule has 0 aliphatic heterocycles.